The number of benzene rings is 3. The number of rotatable bonds is 8. The van der Waals surface area contributed by atoms with Crippen LogP contribution in [0.1, 0.15) is 22.3 Å². The van der Waals surface area contributed by atoms with Crippen molar-refractivity contribution >= 4 is 51.9 Å². The summed E-state index contributed by atoms with van der Waals surface area (Å²) in [5.74, 6) is 0.158. The summed E-state index contributed by atoms with van der Waals surface area (Å²) in [6.45, 7) is 4.42. The molecule has 1 aliphatic heterocycles. The van der Waals surface area contributed by atoms with E-state index in [0.717, 1.165) is 28.8 Å². The first-order valence-corrected chi connectivity index (χ1v) is 12.5. The second kappa shape index (κ2) is 11.3. The van der Waals surface area contributed by atoms with Gasteiger partial charge in [0.15, 0.2) is 6.61 Å². The van der Waals surface area contributed by atoms with Crippen molar-refractivity contribution in [2.75, 3.05) is 18.5 Å². The van der Waals surface area contributed by atoms with Crippen molar-refractivity contribution < 1.29 is 14.3 Å². The van der Waals surface area contributed by atoms with E-state index in [4.69, 9.17) is 17.0 Å². The van der Waals surface area contributed by atoms with Gasteiger partial charge in [0.2, 0.25) is 0 Å². The largest absolute Gasteiger partial charge is 0.483 e. The number of para-hydroxylation sites is 1. The lowest BCUT2D eigenvalue weighted by atomic mass is 10.1. The SMILES string of the molecule is Cc1ccc(NC(=O)COc2ccccc2/C=C2\SC(=S)N(CCc3ccccc3)C2=O)cc1C. The highest BCUT2D eigenvalue weighted by atomic mass is 32.2. The van der Waals surface area contributed by atoms with Gasteiger partial charge in [0.1, 0.15) is 10.1 Å². The monoisotopic (exact) mass is 502 g/mol. The van der Waals surface area contributed by atoms with E-state index in [2.05, 4.69) is 5.32 Å². The number of nitrogens with one attached hydrogen (secondary N) is 1. The molecule has 1 saturated heterocycles. The fraction of sp³-hybridized carbons (Fsp3) is 0.179. The molecule has 0 atom stereocenters. The van der Waals surface area contributed by atoms with Crippen molar-refractivity contribution in [3.05, 3.63) is 100.0 Å². The lowest BCUT2D eigenvalue weighted by Gasteiger charge is -2.14. The van der Waals surface area contributed by atoms with Crippen LogP contribution in [0.25, 0.3) is 6.08 Å². The number of nitrogens with zero attached hydrogens (tertiary/aromatic N) is 1. The summed E-state index contributed by atoms with van der Waals surface area (Å²) in [6.07, 6.45) is 2.51. The first-order chi connectivity index (χ1) is 16.9. The van der Waals surface area contributed by atoms with E-state index in [-0.39, 0.29) is 18.4 Å². The first-order valence-electron chi connectivity index (χ1n) is 11.3. The zero-order valence-corrected chi connectivity index (χ0v) is 21.2. The number of carbonyl (C=O) groups excluding carboxylic acids is 2. The van der Waals surface area contributed by atoms with E-state index in [1.54, 1.807) is 17.0 Å². The highest BCUT2D eigenvalue weighted by molar-refractivity contribution is 8.26. The molecular weight excluding hydrogens is 476 g/mol. The van der Waals surface area contributed by atoms with Gasteiger partial charge in [0.05, 0.1) is 4.91 Å². The Morgan fingerprint density at radius 3 is 2.54 bits per heavy atom. The Morgan fingerprint density at radius 2 is 1.77 bits per heavy atom. The minimum atomic E-state index is -0.254. The molecule has 0 spiro atoms. The zero-order chi connectivity index (χ0) is 24.8. The number of hydrogen-bond donors (Lipinski definition) is 1. The Morgan fingerprint density at radius 1 is 1.03 bits per heavy atom. The molecule has 1 aliphatic rings. The molecule has 1 heterocycles. The summed E-state index contributed by atoms with van der Waals surface area (Å²) in [5.41, 5.74) is 4.88. The topological polar surface area (TPSA) is 58.6 Å². The lowest BCUT2D eigenvalue weighted by Crippen LogP contribution is -2.30. The van der Waals surface area contributed by atoms with Gasteiger partial charge in [0.25, 0.3) is 11.8 Å². The number of hydrogen-bond acceptors (Lipinski definition) is 5. The van der Waals surface area contributed by atoms with Gasteiger partial charge in [-0.1, -0.05) is 78.6 Å². The molecule has 3 aromatic carbocycles. The lowest BCUT2D eigenvalue weighted by molar-refractivity contribution is -0.122. The summed E-state index contributed by atoms with van der Waals surface area (Å²) >= 11 is 6.75. The molecule has 1 N–H and O–H groups in total. The van der Waals surface area contributed by atoms with Gasteiger partial charge >= 0.3 is 0 Å². The van der Waals surface area contributed by atoms with Crippen LogP contribution in [-0.4, -0.2) is 34.2 Å². The zero-order valence-electron chi connectivity index (χ0n) is 19.6. The molecule has 1 fully saturated rings. The number of thioether (sulfide) groups is 1. The van der Waals surface area contributed by atoms with E-state index in [9.17, 15) is 9.59 Å². The van der Waals surface area contributed by atoms with Crippen molar-refractivity contribution in [1.29, 1.82) is 0 Å². The maximum Gasteiger partial charge on any atom is 0.266 e. The molecule has 2 amide bonds. The smallest absolute Gasteiger partial charge is 0.266 e. The van der Waals surface area contributed by atoms with Gasteiger partial charge in [0, 0.05) is 17.8 Å². The van der Waals surface area contributed by atoms with Gasteiger partial charge in [-0.2, -0.15) is 0 Å². The third kappa shape index (κ3) is 6.38. The molecule has 0 aliphatic carbocycles. The number of thiocarbonyl (C=S) groups is 1. The van der Waals surface area contributed by atoms with Crippen LogP contribution in [0.3, 0.4) is 0 Å². The summed E-state index contributed by atoms with van der Waals surface area (Å²) < 4.78 is 6.35. The normalized spacial score (nSPS) is 14.5. The van der Waals surface area contributed by atoms with Crippen molar-refractivity contribution in [2.45, 2.75) is 20.3 Å². The quantitative estimate of drug-likeness (QED) is 0.313. The molecule has 0 aromatic heterocycles. The summed E-state index contributed by atoms with van der Waals surface area (Å²) in [7, 11) is 0. The van der Waals surface area contributed by atoms with E-state index >= 15 is 0 Å². The van der Waals surface area contributed by atoms with Crippen LogP contribution in [0.2, 0.25) is 0 Å². The Kier molecular flexibility index (Phi) is 8.00. The number of carbonyl (C=O) groups is 2. The van der Waals surface area contributed by atoms with Crippen LogP contribution in [-0.2, 0) is 16.0 Å². The van der Waals surface area contributed by atoms with Crippen LogP contribution < -0.4 is 10.1 Å². The second-order valence-corrected chi connectivity index (χ2v) is 9.92. The van der Waals surface area contributed by atoms with Crippen LogP contribution in [0, 0.1) is 13.8 Å². The van der Waals surface area contributed by atoms with Crippen LogP contribution in [0.5, 0.6) is 5.75 Å². The third-order valence-electron chi connectivity index (χ3n) is 5.70. The van der Waals surface area contributed by atoms with Gasteiger partial charge in [-0.3, -0.25) is 14.5 Å². The highest BCUT2D eigenvalue weighted by Crippen LogP contribution is 2.34. The molecule has 0 saturated carbocycles. The molecule has 178 valence electrons. The van der Waals surface area contributed by atoms with Gasteiger partial charge in [-0.15, -0.1) is 0 Å². The standard InChI is InChI=1S/C28H26N2O3S2/c1-19-12-13-23(16-20(19)2)29-26(31)18-33-24-11-7-6-10-22(24)17-25-27(32)30(28(34)35-25)15-14-21-8-4-3-5-9-21/h3-13,16-17H,14-15,18H2,1-2H3,(H,29,31)/b25-17-. The molecular formula is C28H26N2O3S2. The van der Waals surface area contributed by atoms with Crippen LogP contribution in [0.4, 0.5) is 5.69 Å². The summed E-state index contributed by atoms with van der Waals surface area (Å²) in [5, 5.41) is 2.86. The van der Waals surface area contributed by atoms with E-state index in [1.807, 2.05) is 80.6 Å². The summed E-state index contributed by atoms with van der Waals surface area (Å²) in [4.78, 5) is 27.6. The van der Waals surface area contributed by atoms with Crippen molar-refractivity contribution in [3.8, 4) is 5.75 Å². The predicted octanol–water partition coefficient (Wildman–Crippen LogP) is 5.76. The Balaban J connectivity index is 1.40. The number of aryl methyl sites for hydroxylation is 2. The molecule has 35 heavy (non-hydrogen) atoms. The second-order valence-electron chi connectivity index (χ2n) is 8.24. The predicted molar refractivity (Wildman–Crippen MR) is 147 cm³/mol. The minimum absolute atomic E-state index is 0.113. The van der Waals surface area contributed by atoms with Crippen molar-refractivity contribution in [1.82, 2.24) is 4.90 Å². The van der Waals surface area contributed by atoms with Crippen LogP contribution >= 0.6 is 24.0 Å². The van der Waals surface area contributed by atoms with E-state index in [0.29, 0.717) is 21.5 Å². The fourth-order valence-corrected chi connectivity index (χ4v) is 4.91. The van der Waals surface area contributed by atoms with E-state index in [1.165, 1.54) is 17.3 Å². The molecule has 0 unspecified atom stereocenters. The molecule has 3 aromatic rings. The maximum atomic E-state index is 13.0. The maximum absolute atomic E-state index is 13.0. The van der Waals surface area contributed by atoms with Gasteiger partial charge in [-0.25, -0.2) is 0 Å². The summed E-state index contributed by atoms with van der Waals surface area (Å²) in [6, 6.07) is 23.1. The Bertz CT molecular complexity index is 1290. The van der Waals surface area contributed by atoms with E-state index < -0.39 is 0 Å². The average Bonchev–Trinajstić information content (AvgIpc) is 3.12. The number of ether oxygens (including phenoxy) is 1. The Hall–Kier alpha value is -3.42. The molecule has 7 heteroatoms. The van der Waals surface area contributed by atoms with Crippen LogP contribution in [0.15, 0.2) is 77.7 Å². The number of anilines is 1. The number of amides is 2. The van der Waals surface area contributed by atoms with Gasteiger partial charge < -0.3 is 10.1 Å². The van der Waals surface area contributed by atoms with Crippen molar-refractivity contribution in [2.24, 2.45) is 0 Å². The minimum Gasteiger partial charge on any atom is -0.483 e. The van der Waals surface area contributed by atoms with Gasteiger partial charge in [-0.05, 0) is 61.2 Å². The first kappa shape index (κ1) is 24.7. The molecule has 0 radical (unpaired) electrons. The molecule has 4 rings (SSSR count). The Labute approximate surface area is 215 Å². The van der Waals surface area contributed by atoms with Crippen molar-refractivity contribution in [3.63, 3.8) is 0 Å². The highest BCUT2D eigenvalue weighted by Gasteiger charge is 2.31. The fourth-order valence-electron chi connectivity index (χ4n) is 3.61. The third-order valence-corrected chi connectivity index (χ3v) is 7.07. The average molecular weight is 503 g/mol. The molecule has 0 bridgehead atoms. The molecule has 5 nitrogen and oxygen atoms in total.